The monoisotopic (exact) mass is 318 g/mol. The van der Waals surface area contributed by atoms with Gasteiger partial charge in [0.25, 0.3) is 0 Å². The Labute approximate surface area is 139 Å². The van der Waals surface area contributed by atoms with Crippen LogP contribution in [0.1, 0.15) is 71.0 Å². The van der Waals surface area contributed by atoms with Crippen LogP contribution in [0.2, 0.25) is 0 Å². The summed E-state index contributed by atoms with van der Waals surface area (Å²) in [4.78, 5) is 0. The number of hydrogen-bond donors (Lipinski definition) is 1. The lowest BCUT2D eigenvalue weighted by Crippen LogP contribution is -2.58. The van der Waals surface area contributed by atoms with Crippen molar-refractivity contribution in [1.29, 1.82) is 0 Å². The molecule has 5 atom stereocenters. The number of rotatable bonds is 2. The minimum atomic E-state index is -0.347. The number of hydrogen-bond acceptors (Lipinski definition) is 3. The van der Waals surface area contributed by atoms with Gasteiger partial charge >= 0.3 is 0 Å². The first-order chi connectivity index (χ1) is 10.9. The molecular formula is C20H30O3. The quantitative estimate of drug-likeness (QED) is 0.858. The van der Waals surface area contributed by atoms with E-state index in [2.05, 4.69) is 20.8 Å². The predicted octanol–water partition coefficient (Wildman–Crippen LogP) is 4.71. The molecule has 1 saturated heterocycles. The molecular weight excluding hydrogens is 288 g/mol. The van der Waals surface area contributed by atoms with E-state index in [9.17, 15) is 5.11 Å². The SMILES string of the molecule is CC1(C)CCC[C@@]2(C)[C@H]1CC[C@@]1(CO)O[C@@H](c3ccoc3)C[C@@H]12. The van der Waals surface area contributed by atoms with Gasteiger partial charge in [0, 0.05) is 5.56 Å². The van der Waals surface area contributed by atoms with Crippen molar-refractivity contribution in [2.24, 2.45) is 22.7 Å². The number of aliphatic hydroxyl groups excluding tert-OH is 1. The molecule has 2 saturated carbocycles. The predicted molar refractivity (Wildman–Crippen MR) is 88.9 cm³/mol. The molecule has 1 aliphatic heterocycles. The molecule has 3 heteroatoms. The first kappa shape index (κ1) is 15.7. The summed E-state index contributed by atoms with van der Waals surface area (Å²) in [7, 11) is 0. The van der Waals surface area contributed by atoms with E-state index in [0.717, 1.165) is 24.3 Å². The van der Waals surface area contributed by atoms with Crippen LogP contribution in [0, 0.1) is 22.7 Å². The van der Waals surface area contributed by atoms with Gasteiger partial charge in [-0.1, -0.05) is 27.2 Å². The standard InChI is InChI=1S/C20H30O3/c1-18(2)7-4-8-19(3)16(18)5-9-20(13-21)17(19)11-15(23-20)14-6-10-22-12-14/h6,10,12,15-17,21H,4-5,7-9,11,13H2,1-3H3/t15-,16+,17-,19+,20+/m1/s1. The molecule has 0 unspecified atom stereocenters. The smallest absolute Gasteiger partial charge is 0.0960 e. The van der Waals surface area contributed by atoms with Crippen molar-refractivity contribution in [1.82, 2.24) is 0 Å². The largest absolute Gasteiger partial charge is 0.472 e. The van der Waals surface area contributed by atoms with E-state index in [1.54, 1.807) is 12.5 Å². The van der Waals surface area contributed by atoms with Gasteiger partial charge in [-0.2, -0.15) is 0 Å². The van der Waals surface area contributed by atoms with Crippen molar-refractivity contribution in [3.63, 3.8) is 0 Å². The molecule has 2 heterocycles. The third kappa shape index (κ3) is 2.16. The molecule has 1 N–H and O–H groups in total. The van der Waals surface area contributed by atoms with Crippen LogP contribution < -0.4 is 0 Å². The van der Waals surface area contributed by atoms with E-state index in [-0.39, 0.29) is 23.7 Å². The Bertz CT molecular complexity index is 563. The van der Waals surface area contributed by atoms with Crippen molar-refractivity contribution in [3.8, 4) is 0 Å². The van der Waals surface area contributed by atoms with E-state index in [0.29, 0.717) is 11.3 Å². The molecule has 23 heavy (non-hydrogen) atoms. The summed E-state index contributed by atoms with van der Waals surface area (Å²) in [6.45, 7) is 7.53. The fraction of sp³-hybridized carbons (Fsp3) is 0.800. The highest BCUT2D eigenvalue weighted by atomic mass is 16.5. The second-order valence-corrected chi connectivity index (χ2v) is 9.11. The molecule has 0 aromatic carbocycles. The Hall–Kier alpha value is -0.800. The lowest BCUT2D eigenvalue weighted by Gasteiger charge is -2.60. The molecule has 2 aliphatic carbocycles. The van der Waals surface area contributed by atoms with Crippen LogP contribution in [0.3, 0.4) is 0 Å². The summed E-state index contributed by atoms with van der Waals surface area (Å²) in [5.41, 5.74) is 1.46. The highest BCUT2D eigenvalue weighted by Gasteiger charge is 2.63. The topological polar surface area (TPSA) is 42.6 Å². The van der Waals surface area contributed by atoms with Crippen molar-refractivity contribution in [2.75, 3.05) is 6.61 Å². The molecule has 128 valence electrons. The first-order valence-electron chi connectivity index (χ1n) is 9.22. The maximum absolute atomic E-state index is 10.3. The Balaban J connectivity index is 1.71. The average molecular weight is 318 g/mol. The van der Waals surface area contributed by atoms with Crippen LogP contribution >= 0.6 is 0 Å². The normalized spacial score (nSPS) is 45.5. The summed E-state index contributed by atoms with van der Waals surface area (Å²) in [6, 6.07) is 2.01. The van der Waals surface area contributed by atoms with Gasteiger partial charge in [0.1, 0.15) is 0 Å². The number of furan rings is 1. The second kappa shape index (κ2) is 5.10. The fourth-order valence-electron chi connectivity index (χ4n) is 6.53. The number of aliphatic hydroxyl groups is 1. The second-order valence-electron chi connectivity index (χ2n) is 9.11. The molecule has 3 nitrogen and oxygen atoms in total. The lowest BCUT2D eigenvalue weighted by molar-refractivity contribution is -0.179. The van der Waals surface area contributed by atoms with Gasteiger partial charge in [0.2, 0.25) is 0 Å². The van der Waals surface area contributed by atoms with Crippen LogP contribution in [0.5, 0.6) is 0 Å². The molecule has 3 aliphatic rings. The lowest BCUT2D eigenvalue weighted by atomic mass is 9.45. The van der Waals surface area contributed by atoms with Crippen LogP contribution in [0.15, 0.2) is 23.0 Å². The molecule has 3 fully saturated rings. The van der Waals surface area contributed by atoms with Gasteiger partial charge in [-0.3, -0.25) is 0 Å². The first-order valence-corrected chi connectivity index (χ1v) is 9.22. The minimum absolute atomic E-state index is 0.0755. The fourth-order valence-corrected chi connectivity index (χ4v) is 6.53. The third-order valence-corrected chi connectivity index (χ3v) is 7.57. The Kier molecular flexibility index (Phi) is 3.48. The Morgan fingerprint density at radius 2 is 2.00 bits per heavy atom. The molecule has 0 radical (unpaired) electrons. The van der Waals surface area contributed by atoms with E-state index >= 15 is 0 Å². The third-order valence-electron chi connectivity index (χ3n) is 7.57. The zero-order valence-electron chi connectivity index (χ0n) is 14.7. The van der Waals surface area contributed by atoms with Gasteiger partial charge < -0.3 is 14.3 Å². The highest BCUT2D eigenvalue weighted by Crippen LogP contribution is 2.67. The van der Waals surface area contributed by atoms with Gasteiger partial charge in [-0.25, -0.2) is 0 Å². The Morgan fingerprint density at radius 3 is 2.70 bits per heavy atom. The number of ether oxygens (including phenoxy) is 1. The van der Waals surface area contributed by atoms with Gasteiger partial charge in [0.15, 0.2) is 0 Å². The summed E-state index contributed by atoms with van der Waals surface area (Å²) in [5, 5.41) is 10.3. The van der Waals surface area contributed by atoms with E-state index < -0.39 is 0 Å². The van der Waals surface area contributed by atoms with Gasteiger partial charge in [-0.15, -0.1) is 0 Å². The zero-order valence-corrected chi connectivity index (χ0v) is 14.7. The number of fused-ring (bicyclic) bond motifs is 3. The maximum Gasteiger partial charge on any atom is 0.0960 e. The minimum Gasteiger partial charge on any atom is -0.472 e. The Morgan fingerprint density at radius 1 is 1.17 bits per heavy atom. The van der Waals surface area contributed by atoms with Crippen LogP contribution in [-0.2, 0) is 4.74 Å². The van der Waals surface area contributed by atoms with Crippen LogP contribution in [0.4, 0.5) is 0 Å². The van der Waals surface area contributed by atoms with Crippen LogP contribution in [0.25, 0.3) is 0 Å². The highest BCUT2D eigenvalue weighted by molar-refractivity contribution is 5.18. The van der Waals surface area contributed by atoms with Crippen molar-refractivity contribution >= 4 is 0 Å². The molecule has 0 amide bonds. The van der Waals surface area contributed by atoms with Crippen LogP contribution in [-0.4, -0.2) is 17.3 Å². The van der Waals surface area contributed by atoms with E-state index in [1.807, 2.05) is 6.07 Å². The molecule has 1 aromatic heterocycles. The van der Waals surface area contributed by atoms with E-state index in [4.69, 9.17) is 9.15 Å². The average Bonchev–Trinajstić information content (AvgIpc) is 3.14. The molecule has 1 aromatic rings. The zero-order chi connectivity index (χ0) is 16.3. The molecule has 4 rings (SSSR count). The van der Waals surface area contributed by atoms with Crippen molar-refractivity contribution in [3.05, 3.63) is 24.2 Å². The summed E-state index contributed by atoms with van der Waals surface area (Å²) in [5.74, 6) is 1.18. The van der Waals surface area contributed by atoms with Crippen molar-refractivity contribution in [2.45, 2.75) is 71.0 Å². The van der Waals surface area contributed by atoms with E-state index in [1.165, 1.54) is 25.7 Å². The van der Waals surface area contributed by atoms with Gasteiger partial charge in [0.05, 0.1) is 30.8 Å². The maximum atomic E-state index is 10.3. The molecule has 0 spiro atoms. The summed E-state index contributed by atoms with van der Waals surface area (Å²) < 4.78 is 11.8. The molecule has 0 bridgehead atoms. The van der Waals surface area contributed by atoms with Gasteiger partial charge in [-0.05, 0) is 60.8 Å². The summed E-state index contributed by atoms with van der Waals surface area (Å²) in [6.07, 6.45) is 10.7. The van der Waals surface area contributed by atoms with Crippen molar-refractivity contribution < 1.29 is 14.3 Å². The summed E-state index contributed by atoms with van der Waals surface area (Å²) >= 11 is 0.